The van der Waals surface area contributed by atoms with Gasteiger partial charge in [0.05, 0.1) is 15.6 Å². The number of benzene rings is 2. The van der Waals surface area contributed by atoms with Gasteiger partial charge in [0.15, 0.2) is 0 Å². The van der Waals surface area contributed by atoms with E-state index in [9.17, 15) is 13.2 Å². The second kappa shape index (κ2) is 8.12. The van der Waals surface area contributed by atoms with Crippen molar-refractivity contribution in [2.24, 2.45) is 0 Å². The average Bonchev–Trinajstić information content (AvgIpc) is 2.67. The number of carbonyl (C=O) groups is 1. The summed E-state index contributed by atoms with van der Waals surface area (Å²) in [4.78, 5) is 12.9. The molecule has 3 rings (SSSR count). The SMILES string of the molecule is O=C(O)C=Cc1cccc(S(=O)(=O)N2CCN(c3ccccc3Cl)CC2)c1. The Kier molecular flexibility index (Phi) is 5.84. The summed E-state index contributed by atoms with van der Waals surface area (Å²) in [7, 11) is -3.65. The minimum Gasteiger partial charge on any atom is -0.478 e. The third kappa shape index (κ3) is 4.50. The molecule has 0 unspecified atom stereocenters. The number of carboxylic acids is 1. The summed E-state index contributed by atoms with van der Waals surface area (Å²) in [5.74, 6) is -1.08. The van der Waals surface area contributed by atoms with Gasteiger partial charge >= 0.3 is 5.97 Å². The second-order valence-electron chi connectivity index (χ2n) is 6.09. The molecule has 0 bridgehead atoms. The first-order chi connectivity index (χ1) is 12.9. The van der Waals surface area contributed by atoms with E-state index in [-0.39, 0.29) is 4.90 Å². The lowest BCUT2D eigenvalue weighted by Gasteiger charge is -2.35. The second-order valence-corrected chi connectivity index (χ2v) is 8.43. The Morgan fingerprint density at radius 3 is 2.41 bits per heavy atom. The van der Waals surface area contributed by atoms with Crippen LogP contribution in [-0.2, 0) is 14.8 Å². The van der Waals surface area contributed by atoms with Crippen molar-refractivity contribution in [3.8, 4) is 0 Å². The molecule has 1 N–H and O–H groups in total. The smallest absolute Gasteiger partial charge is 0.328 e. The quantitative estimate of drug-likeness (QED) is 0.772. The molecule has 0 radical (unpaired) electrons. The van der Waals surface area contributed by atoms with Crippen LogP contribution in [0.5, 0.6) is 0 Å². The van der Waals surface area contributed by atoms with Crippen LogP contribution >= 0.6 is 11.6 Å². The summed E-state index contributed by atoms with van der Waals surface area (Å²) >= 11 is 6.23. The maximum absolute atomic E-state index is 12.9. The molecular formula is C19H19ClN2O4S. The number of halogens is 1. The Balaban J connectivity index is 1.75. The highest BCUT2D eigenvalue weighted by Gasteiger charge is 2.29. The van der Waals surface area contributed by atoms with E-state index in [1.807, 2.05) is 24.3 Å². The summed E-state index contributed by atoms with van der Waals surface area (Å²) in [5.41, 5.74) is 1.42. The highest BCUT2D eigenvalue weighted by molar-refractivity contribution is 7.89. The molecule has 0 aliphatic carbocycles. The first-order valence-electron chi connectivity index (χ1n) is 8.38. The molecule has 0 spiro atoms. The third-order valence-electron chi connectivity index (χ3n) is 4.35. The van der Waals surface area contributed by atoms with Gasteiger partial charge in [-0.3, -0.25) is 0 Å². The van der Waals surface area contributed by atoms with Gasteiger partial charge in [0.25, 0.3) is 0 Å². The van der Waals surface area contributed by atoms with E-state index in [0.29, 0.717) is 36.8 Å². The molecule has 1 fully saturated rings. The molecular weight excluding hydrogens is 388 g/mol. The van der Waals surface area contributed by atoms with Crippen molar-refractivity contribution in [1.29, 1.82) is 0 Å². The van der Waals surface area contributed by atoms with E-state index in [1.165, 1.54) is 22.5 Å². The molecule has 27 heavy (non-hydrogen) atoms. The van der Waals surface area contributed by atoms with Crippen molar-refractivity contribution in [2.45, 2.75) is 4.90 Å². The molecule has 1 saturated heterocycles. The molecule has 142 valence electrons. The Morgan fingerprint density at radius 1 is 1.04 bits per heavy atom. The number of anilines is 1. The Bertz CT molecular complexity index is 967. The largest absolute Gasteiger partial charge is 0.478 e. The fourth-order valence-electron chi connectivity index (χ4n) is 2.97. The van der Waals surface area contributed by atoms with Crippen molar-refractivity contribution in [2.75, 3.05) is 31.1 Å². The van der Waals surface area contributed by atoms with E-state index in [1.54, 1.807) is 12.1 Å². The van der Waals surface area contributed by atoms with E-state index < -0.39 is 16.0 Å². The number of aliphatic carboxylic acids is 1. The zero-order valence-corrected chi connectivity index (χ0v) is 16.0. The molecule has 8 heteroatoms. The zero-order valence-electron chi connectivity index (χ0n) is 14.5. The standard InChI is InChI=1S/C19H19ClN2O4S/c20-17-6-1-2-7-18(17)21-10-12-22(13-11-21)27(25,26)16-5-3-4-15(14-16)8-9-19(23)24/h1-9,14H,10-13H2,(H,23,24). The van der Waals surface area contributed by atoms with Gasteiger partial charge in [0.2, 0.25) is 10.0 Å². The van der Waals surface area contributed by atoms with Crippen LogP contribution in [0, 0.1) is 0 Å². The maximum Gasteiger partial charge on any atom is 0.328 e. The number of carboxylic acid groups (broad SMARTS) is 1. The topological polar surface area (TPSA) is 77.9 Å². The van der Waals surface area contributed by atoms with Crippen LogP contribution in [-0.4, -0.2) is 50.0 Å². The van der Waals surface area contributed by atoms with Gasteiger partial charge in [-0.2, -0.15) is 4.31 Å². The van der Waals surface area contributed by atoms with Crippen LogP contribution in [0.25, 0.3) is 6.08 Å². The molecule has 0 atom stereocenters. The zero-order chi connectivity index (χ0) is 19.4. The summed E-state index contributed by atoms with van der Waals surface area (Å²) in [6.07, 6.45) is 2.35. The van der Waals surface area contributed by atoms with E-state index in [4.69, 9.17) is 16.7 Å². The van der Waals surface area contributed by atoms with Crippen LogP contribution in [0.2, 0.25) is 5.02 Å². The number of nitrogens with zero attached hydrogens (tertiary/aromatic N) is 2. The first kappa shape index (κ1) is 19.4. The minimum absolute atomic E-state index is 0.154. The monoisotopic (exact) mass is 406 g/mol. The molecule has 1 aliphatic heterocycles. The van der Waals surface area contributed by atoms with Crippen molar-refractivity contribution in [3.63, 3.8) is 0 Å². The van der Waals surface area contributed by atoms with Gasteiger partial charge in [-0.25, -0.2) is 13.2 Å². The van der Waals surface area contributed by atoms with Crippen molar-refractivity contribution < 1.29 is 18.3 Å². The number of rotatable bonds is 5. The molecule has 2 aromatic carbocycles. The van der Waals surface area contributed by atoms with Crippen LogP contribution in [0.3, 0.4) is 0 Å². The fourth-order valence-corrected chi connectivity index (χ4v) is 4.71. The van der Waals surface area contributed by atoms with Gasteiger partial charge in [-0.05, 0) is 35.9 Å². The summed E-state index contributed by atoms with van der Waals surface area (Å²) in [5, 5.41) is 9.36. The number of sulfonamides is 1. The fraction of sp³-hybridized carbons (Fsp3) is 0.211. The average molecular weight is 407 g/mol. The predicted molar refractivity (Wildman–Crippen MR) is 106 cm³/mol. The van der Waals surface area contributed by atoms with Crippen molar-refractivity contribution in [3.05, 3.63) is 65.2 Å². The molecule has 2 aromatic rings. The number of para-hydroxylation sites is 1. The van der Waals surface area contributed by atoms with Gasteiger partial charge in [-0.15, -0.1) is 0 Å². The summed E-state index contributed by atoms with van der Waals surface area (Å²) in [6.45, 7) is 1.79. The van der Waals surface area contributed by atoms with E-state index >= 15 is 0 Å². The van der Waals surface area contributed by atoms with Crippen LogP contribution < -0.4 is 4.90 Å². The number of piperazine rings is 1. The number of hydrogen-bond acceptors (Lipinski definition) is 4. The normalized spacial score (nSPS) is 16.0. The summed E-state index contributed by atoms with van der Waals surface area (Å²) < 4.78 is 27.3. The third-order valence-corrected chi connectivity index (χ3v) is 6.56. The van der Waals surface area contributed by atoms with Crippen LogP contribution in [0.4, 0.5) is 5.69 Å². The molecule has 0 aromatic heterocycles. The van der Waals surface area contributed by atoms with E-state index in [2.05, 4.69) is 4.90 Å². The van der Waals surface area contributed by atoms with Crippen LogP contribution in [0.15, 0.2) is 59.5 Å². The van der Waals surface area contributed by atoms with Gasteiger partial charge in [0.1, 0.15) is 0 Å². The molecule has 0 amide bonds. The summed E-state index contributed by atoms with van der Waals surface area (Å²) in [6, 6.07) is 13.8. The lowest BCUT2D eigenvalue weighted by atomic mass is 10.2. The maximum atomic E-state index is 12.9. The molecule has 6 nitrogen and oxygen atoms in total. The highest BCUT2D eigenvalue weighted by Crippen LogP contribution is 2.27. The Hall–Kier alpha value is -2.35. The molecule has 1 aliphatic rings. The van der Waals surface area contributed by atoms with Crippen LogP contribution in [0.1, 0.15) is 5.56 Å². The Morgan fingerprint density at radius 2 is 1.74 bits per heavy atom. The highest BCUT2D eigenvalue weighted by atomic mass is 35.5. The van der Waals surface area contributed by atoms with E-state index in [0.717, 1.165) is 11.8 Å². The molecule has 0 saturated carbocycles. The predicted octanol–water partition coefficient (Wildman–Crippen LogP) is 2.95. The van der Waals surface area contributed by atoms with Gasteiger partial charge < -0.3 is 10.0 Å². The minimum atomic E-state index is -3.65. The van der Waals surface area contributed by atoms with Crippen molar-refractivity contribution in [1.82, 2.24) is 4.31 Å². The van der Waals surface area contributed by atoms with Crippen molar-refractivity contribution >= 4 is 39.4 Å². The lowest BCUT2D eigenvalue weighted by molar-refractivity contribution is -0.131. The number of hydrogen-bond donors (Lipinski definition) is 1. The lowest BCUT2D eigenvalue weighted by Crippen LogP contribution is -2.48. The molecule has 1 heterocycles. The first-order valence-corrected chi connectivity index (χ1v) is 10.2. The van der Waals surface area contributed by atoms with Gasteiger partial charge in [-0.1, -0.05) is 35.9 Å². The van der Waals surface area contributed by atoms with Gasteiger partial charge in [0, 0.05) is 32.3 Å². The Labute approximate surface area is 163 Å².